The molecule has 0 spiro atoms. The van der Waals surface area contributed by atoms with E-state index in [1.54, 1.807) is 28.6 Å². The lowest BCUT2D eigenvalue weighted by Gasteiger charge is -2.33. The second-order valence-corrected chi connectivity index (χ2v) is 7.30. The minimum absolute atomic E-state index is 0.211. The molecule has 6 nitrogen and oxygen atoms in total. The molecule has 0 saturated carbocycles. The van der Waals surface area contributed by atoms with Crippen LogP contribution in [0.3, 0.4) is 0 Å². The van der Waals surface area contributed by atoms with Crippen LogP contribution >= 0.6 is 11.3 Å². The number of thiazole rings is 1. The number of aromatic nitrogens is 1. The first-order valence-electron chi connectivity index (χ1n) is 9.20. The summed E-state index contributed by atoms with van der Waals surface area (Å²) in [6, 6.07) is 13.2. The van der Waals surface area contributed by atoms with Crippen molar-refractivity contribution in [3.8, 4) is 5.75 Å². The second-order valence-electron chi connectivity index (χ2n) is 6.58. The number of nitrogens with one attached hydrogen (secondary N) is 1. The van der Waals surface area contributed by atoms with Gasteiger partial charge in [0.25, 0.3) is 0 Å². The number of halogens is 1. The number of benzene rings is 2. The Morgan fingerprint density at radius 1 is 1.31 bits per heavy atom. The summed E-state index contributed by atoms with van der Waals surface area (Å²) in [7, 11) is 0. The maximum absolute atomic E-state index is 13.1. The highest BCUT2D eigenvalue weighted by Gasteiger charge is 2.25. The van der Waals surface area contributed by atoms with E-state index in [0.717, 1.165) is 11.3 Å². The van der Waals surface area contributed by atoms with Crippen molar-refractivity contribution in [3.63, 3.8) is 0 Å². The molecule has 1 aliphatic rings. The fourth-order valence-corrected chi connectivity index (χ4v) is 3.59. The Morgan fingerprint density at radius 2 is 2.17 bits per heavy atom. The molecule has 1 saturated heterocycles. The minimum Gasteiger partial charge on any atom is -0.487 e. The Morgan fingerprint density at radius 3 is 2.97 bits per heavy atom. The number of urea groups is 1. The summed E-state index contributed by atoms with van der Waals surface area (Å²) in [5, 5.41) is 4.84. The Bertz CT molecular complexity index is 950. The summed E-state index contributed by atoms with van der Waals surface area (Å²) < 4.78 is 24.6. The third kappa shape index (κ3) is 5.10. The van der Waals surface area contributed by atoms with Crippen molar-refractivity contribution in [3.05, 3.63) is 76.5 Å². The van der Waals surface area contributed by atoms with Gasteiger partial charge in [-0.1, -0.05) is 18.2 Å². The van der Waals surface area contributed by atoms with E-state index in [9.17, 15) is 9.18 Å². The predicted octanol–water partition coefficient (Wildman–Crippen LogP) is 4.47. The molecule has 1 aliphatic heterocycles. The summed E-state index contributed by atoms with van der Waals surface area (Å²) in [5.74, 6) is 0.359. The van der Waals surface area contributed by atoms with Crippen LogP contribution in [0.1, 0.15) is 17.4 Å². The van der Waals surface area contributed by atoms with Crippen molar-refractivity contribution in [2.24, 2.45) is 0 Å². The molecule has 0 bridgehead atoms. The molecule has 0 aliphatic carbocycles. The summed E-state index contributed by atoms with van der Waals surface area (Å²) in [6.07, 6.45) is -0.275. The highest BCUT2D eigenvalue weighted by Crippen LogP contribution is 2.24. The third-order valence-electron chi connectivity index (χ3n) is 4.55. The molecule has 1 unspecified atom stereocenters. The van der Waals surface area contributed by atoms with Gasteiger partial charge in [-0.2, -0.15) is 0 Å². The van der Waals surface area contributed by atoms with Crippen LogP contribution < -0.4 is 10.1 Å². The highest BCUT2D eigenvalue weighted by molar-refractivity contribution is 7.07. The van der Waals surface area contributed by atoms with E-state index >= 15 is 0 Å². The number of rotatable bonds is 5. The number of ether oxygens (including phenoxy) is 2. The Hall–Kier alpha value is -2.97. The van der Waals surface area contributed by atoms with Crippen LogP contribution in [-0.4, -0.2) is 35.6 Å². The average molecular weight is 413 g/mol. The molecule has 3 aromatic rings. The Labute approximate surface area is 171 Å². The number of carbonyl (C=O) groups excluding carboxylic acids is 1. The molecule has 2 aromatic carbocycles. The zero-order valence-corrected chi connectivity index (χ0v) is 16.4. The lowest BCUT2D eigenvalue weighted by Crippen LogP contribution is -2.44. The van der Waals surface area contributed by atoms with Crippen molar-refractivity contribution in [1.29, 1.82) is 0 Å². The van der Waals surface area contributed by atoms with Crippen molar-refractivity contribution in [2.45, 2.75) is 12.7 Å². The topological polar surface area (TPSA) is 63.7 Å². The standard InChI is InChI=1S/C21H20FN3O3S/c22-16-6-4-15(5-7-16)20-11-25(8-9-27-20)21(26)24-17-2-1-3-19(10-17)28-12-18-13-29-14-23-18/h1-7,10,13-14,20H,8-9,11-12H2,(H,24,26). The van der Waals surface area contributed by atoms with Crippen LogP contribution in [0.25, 0.3) is 0 Å². The SMILES string of the molecule is O=C(Nc1cccc(OCc2cscn2)c1)N1CCOC(c2ccc(F)cc2)C1. The molecule has 1 atom stereocenters. The van der Waals surface area contributed by atoms with Gasteiger partial charge < -0.3 is 19.7 Å². The zero-order valence-electron chi connectivity index (χ0n) is 15.6. The van der Waals surface area contributed by atoms with Gasteiger partial charge in [-0.3, -0.25) is 0 Å². The lowest BCUT2D eigenvalue weighted by atomic mass is 10.1. The van der Waals surface area contributed by atoms with Crippen LogP contribution in [0.5, 0.6) is 5.75 Å². The molecule has 1 N–H and O–H groups in total. The normalized spacial score (nSPS) is 16.4. The third-order valence-corrected chi connectivity index (χ3v) is 5.19. The quantitative estimate of drug-likeness (QED) is 0.671. The molecule has 29 heavy (non-hydrogen) atoms. The first-order chi connectivity index (χ1) is 14.2. The van der Waals surface area contributed by atoms with E-state index in [4.69, 9.17) is 9.47 Å². The molecule has 1 fully saturated rings. The first kappa shape index (κ1) is 19.4. The first-order valence-corrected chi connectivity index (χ1v) is 10.1. The number of hydrogen-bond acceptors (Lipinski definition) is 5. The van der Waals surface area contributed by atoms with E-state index < -0.39 is 0 Å². The fourth-order valence-electron chi connectivity index (χ4n) is 3.05. The van der Waals surface area contributed by atoms with Crippen LogP contribution in [-0.2, 0) is 11.3 Å². The molecular weight excluding hydrogens is 393 g/mol. The Kier molecular flexibility index (Phi) is 6.02. The van der Waals surface area contributed by atoms with Crippen LogP contribution in [0.4, 0.5) is 14.9 Å². The highest BCUT2D eigenvalue weighted by atomic mass is 32.1. The largest absolute Gasteiger partial charge is 0.487 e. The molecule has 2 amide bonds. The molecule has 8 heteroatoms. The van der Waals surface area contributed by atoms with E-state index in [0.29, 0.717) is 37.7 Å². The number of morpholine rings is 1. The zero-order chi connectivity index (χ0) is 20.1. The number of anilines is 1. The monoisotopic (exact) mass is 413 g/mol. The van der Waals surface area contributed by atoms with E-state index in [-0.39, 0.29) is 18.0 Å². The lowest BCUT2D eigenvalue weighted by molar-refractivity contribution is -0.0135. The fraction of sp³-hybridized carbons (Fsp3) is 0.238. The number of nitrogens with zero attached hydrogens (tertiary/aromatic N) is 2. The van der Waals surface area contributed by atoms with E-state index in [1.807, 2.05) is 23.6 Å². The molecule has 0 radical (unpaired) electrons. The van der Waals surface area contributed by atoms with E-state index in [2.05, 4.69) is 10.3 Å². The molecular formula is C21H20FN3O3S. The van der Waals surface area contributed by atoms with Crippen molar-refractivity contribution < 1.29 is 18.7 Å². The van der Waals surface area contributed by atoms with Gasteiger partial charge in [0.2, 0.25) is 0 Å². The summed E-state index contributed by atoms with van der Waals surface area (Å²) in [4.78, 5) is 18.6. The van der Waals surface area contributed by atoms with Crippen molar-refractivity contribution in [1.82, 2.24) is 9.88 Å². The average Bonchev–Trinajstić information content (AvgIpc) is 3.27. The van der Waals surface area contributed by atoms with Crippen LogP contribution in [0, 0.1) is 5.82 Å². The Balaban J connectivity index is 1.36. The summed E-state index contributed by atoms with van der Waals surface area (Å²) in [5.41, 5.74) is 4.12. The molecule has 4 rings (SSSR count). The maximum Gasteiger partial charge on any atom is 0.322 e. The molecule has 1 aromatic heterocycles. The van der Waals surface area contributed by atoms with Gasteiger partial charge >= 0.3 is 6.03 Å². The molecule has 150 valence electrons. The number of hydrogen-bond donors (Lipinski definition) is 1. The smallest absolute Gasteiger partial charge is 0.322 e. The summed E-state index contributed by atoms with van der Waals surface area (Å²) >= 11 is 1.52. The van der Waals surface area contributed by atoms with Crippen molar-refractivity contribution >= 4 is 23.1 Å². The van der Waals surface area contributed by atoms with Gasteiger partial charge in [-0.05, 0) is 29.8 Å². The van der Waals surface area contributed by atoms with Crippen molar-refractivity contribution in [2.75, 3.05) is 25.0 Å². The second kappa shape index (κ2) is 9.02. The van der Waals surface area contributed by atoms with Gasteiger partial charge in [-0.15, -0.1) is 11.3 Å². The predicted molar refractivity (Wildman–Crippen MR) is 109 cm³/mol. The van der Waals surface area contributed by atoms with Crippen LogP contribution in [0.2, 0.25) is 0 Å². The van der Waals surface area contributed by atoms with Gasteiger partial charge in [0.1, 0.15) is 24.3 Å². The van der Waals surface area contributed by atoms with E-state index in [1.165, 1.54) is 23.5 Å². The number of carbonyl (C=O) groups is 1. The maximum atomic E-state index is 13.1. The number of amides is 2. The van der Waals surface area contributed by atoms with Gasteiger partial charge in [0, 0.05) is 23.7 Å². The van der Waals surface area contributed by atoms with Gasteiger partial charge in [0.05, 0.1) is 24.4 Å². The molecule has 2 heterocycles. The minimum atomic E-state index is -0.295. The van der Waals surface area contributed by atoms with Gasteiger partial charge in [-0.25, -0.2) is 14.2 Å². The van der Waals surface area contributed by atoms with Crippen LogP contribution in [0.15, 0.2) is 59.4 Å². The summed E-state index contributed by atoms with van der Waals surface area (Å²) in [6.45, 7) is 1.69. The van der Waals surface area contributed by atoms with Gasteiger partial charge in [0.15, 0.2) is 0 Å².